The Bertz CT molecular complexity index is 1320. The van der Waals surface area contributed by atoms with Gasteiger partial charge >= 0.3 is 5.97 Å². The van der Waals surface area contributed by atoms with Gasteiger partial charge < -0.3 is 19.6 Å². The molecule has 0 amide bonds. The lowest BCUT2D eigenvalue weighted by atomic mass is 9.95. The van der Waals surface area contributed by atoms with Crippen LogP contribution in [-0.2, 0) is 11.2 Å². The molecule has 0 saturated heterocycles. The molecule has 0 radical (unpaired) electrons. The lowest BCUT2D eigenvalue weighted by Crippen LogP contribution is -2.13. The third-order valence-corrected chi connectivity index (χ3v) is 5.34. The maximum atomic E-state index is 13.0. The number of hydrogen-bond acceptors (Lipinski definition) is 5. The van der Waals surface area contributed by atoms with E-state index in [-0.39, 0.29) is 28.9 Å². The molecular weight excluding hydrogens is 406 g/mol. The minimum absolute atomic E-state index is 0.116. The monoisotopic (exact) mass is 429 g/mol. The first-order chi connectivity index (χ1) is 15.5. The molecule has 0 unspecified atom stereocenters. The molecule has 0 fully saturated rings. The Morgan fingerprint density at radius 2 is 1.72 bits per heavy atom. The van der Waals surface area contributed by atoms with Crippen LogP contribution < -0.4 is 10.3 Å². The fourth-order valence-corrected chi connectivity index (χ4v) is 3.81. The van der Waals surface area contributed by atoms with Crippen molar-refractivity contribution in [3.05, 3.63) is 93.8 Å². The third kappa shape index (κ3) is 3.95. The summed E-state index contributed by atoms with van der Waals surface area (Å²) >= 11 is 0. The van der Waals surface area contributed by atoms with Gasteiger partial charge in [0, 0.05) is 0 Å². The lowest BCUT2D eigenvalue weighted by molar-refractivity contribution is 0.0528. The highest BCUT2D eigenvalue weighted by molar-refractivity contribution is 6.08. The largest absolute Gasteiger partial charge is 0.506 e. The molecule has 0 spiro atoms. The third-order valence-electron chi connectivity index (χ3n) is 5.34. The summed E-state index contributed by atoms with van der Waals surface area (Å²) in [5, 5.41) is 11.5. The molecule has 0 aliphatic heterocycles. The van der Waals surface area contributed by atoms with E-state index < -0.39 is 11.5 Å². The van der Waals surface area contributed by atoms with E-state index in [1.807, 2.05) is 30.3 Å². The van der Waals surface area contributed by atoms with Crippen LogP contribution in [0.25, 0.3) is 22.0 Å². The number of aromatic hydroxyl groups is 1. The number of carbonyl (C=O) groups excluding carboxylic acids is 1. The topological polar surface area (TPSA) is 88.6 Å². The second kappa shape index (κ2) is 8.98. The summed E-state index contributed by atoms with van der Waals surface area (Å²) in [4.78, 5) is 28.5. The Morgan fingerprint density at radius 3 is 2.38 bits per heavy atom. The lowest BCUT2D eigenvalue weighted by Gasteiger charge is -2.15. The standard InChI is InChI=1S/C26H23NO5/c1-3-32-26(30)20-14-11-18(15-16-9-12-19(31-2)13-10-16)23-22(20)24(28)21(25(29)27-23)17-7-5-4-6-8-17/h4-14H,3,15H2,1-2H3,(H2,27,28,29). The van der Waals surface area contributed by atoms with Gasteiger partial charge in [0.15, 0.2) is 0 Å². The van der Waals surface area contributed by atoms with Gasteiger partial charge in [0.1, 0.15) is 11.5 Å². The summed E-state index contributed by atoms with van der Waals surface area (Å²) < 4.78 is 10.4. The quantitative estimate of drug-likeness (QED) is 0.435. The minimum atomic E-state index is -0.560. The van der Waals surface area contributed by atoms with Gasteiger partial charge in [-0.2, -0.15) is 0 Å². The fourth-order valence-electron chi connectivity index (χ4n) is 3.81. The summed E-state index contributed by atoms with van der Waals surface area (Å²) in [6.07, 6.45) is 0.490. The molecule has 0 atom stereocenters. The van der Waals surface area contributed by atoms with Gasteiger partial charge in [0.2, 0.25) is 0 Å². The van der Waals surface area contributed by atoms with Crippen molar-refractivity contribution in [2.24, 2.45) is 0 Å². The number of fused-ring (bicyclic) bond motifs is 1. The zero-order chi connectivity index (χ0) is 22.7. The fraction of sp³-hybridized carbons (Fsp3) is 0.154. The Kier molecular flexibility index (Phi) is 5.94. The van der Waals surface area contributed by atoms with Crippen molar-refractivity contribution in [3.63, 3.8) is 0 Å². The maximum absolute atomic E-state index is 13.0. The molecule has 1 heterocycles. The average Bonchev–Trinajstić information content (AvgIpc) is 2.81. The smallest absolute Gasteiger partial charge is 0.338 e. The normalized spacial score (nSPS) is 10.8. The second-order valence-electron chi connectivity index (χ2n) is 7.31. The predicted octanol–water partition coefficient (Wildman–Crippen LogP) is 4.68. The number of rotatable bonds is 6. The highest BCUT2D eigenvalue weighted by Gasteiger charge is 2.22. The van der Waals surface area contributed by atoms with Crippen LogP contribution in [0.4, 0.5) is 0 Å². The van der Waals surface area contributed by atoms with Crippen LogP contribution in [0, 0.1) is 0 Å². The first-order valence-corrected chi connectivity index (χ1v) is 10.3. The molecule has 1 aromatic heterocycles. The first kappa shape index (κ1) is 21.2. The molecule has 32 heavy (non-hydrogen) atoms. The molecule has 0 saturated carbocycles. The van der Waals surface area contributed by atoms with Crippen LogP contribution in [-0.4, -0.2) is 29.8 Å². The molecular formula is C26H23NO5. The van der Waals surface area contributed by atoms with Gasteiger partial charge in [-0.15, -0.1) is 0 Å². The molecule has 6 heteroatoms. The Labute approximate surface area is 185 Å². The van der Waals surface area contributed by atoms with Crippen molar-refractivity contribution in [1.29, 1.82) is 0 Å². The summed E-state index contributed by atoms with van der Waals surface area (Å²) in [7, 11) is 1.61. The summed E-state index contributed by atoms with van der Waals surface area (Å²) in [5.74, 6) is -0.0562. The number of benzene rings is 3. The average molecular weight is 429 g/mol. The number of nitrogens with one attached hydrogen (secondary N) is 1. The number of ether oxygens (including phenoxy) is 2. The van der Waals surface area contributed by atoms with E-state index in [9.17, 15) is 14.7 Å². The summed E-state index contributed by atoms with van der Waals surface area (Å²) in [6.45, 7) is 1.92. The van der Waals surface area contributed by atoms with Gasteiger partial charge in [0.05, 0.1) is 35.7 Å². The highest BCUT2D eigenvalue weighted by atomic mass is 16.5. The van der Waals surface area contributed by atoms with Crippen LogP contribution in [0.15, 0.2) is 71.5 Å². The summed E-state index contributed by atoms with van der Waals surface area (Å²) in [6, 6.07) is 19.9. The molecule has 162 valence electrons. The van der Waals surface area contributed by atoms with Crippen LogP contribution in [0.1, 0.15) is 28.4 Å². The number of pyridine rings is 1. The van der Waals surface area contributed by atoms with Crippen molar-refractivity contribution in [1.82, 2.24) is 4.98 Å². The van der Waals surface area contributed by atoms with Crippen molar-refractivity contribution in [2.75, 3.05) is 13.7 Å². The SMILES string of the molecule is CCOC(=O)c1ccc(Cc2ccc(OC)cc2)c2[nH]c(=O)c(-c3ccccc3)c(O)c12. The van der Waals surface area contributed by atoms with E-state index in [0.29, 0.717) is 17.5 Å². The van der Waals surface area contributed by atoms with Crippen molar-refractivity contribution < 1.29 is 19.4 Å². The van der Waals surface area contributed by atoms with Gasteiger partial charge in [-0.25, -0.2) is 4.79 Å². The Hall–Kier alpha value is -4.06. The van der Waals surface area contributed by atoms with Gasteiger partial charge in [-0.3, -0.25) is 4.79 Å². The highest BCUT2D eigenvalue weighted by Crippen LogP contribution is 2.36. The molecule has 6 nitrogen and oxygen atoms in total. The molecule has 4 rings (SSSR count). The molecule has 4 aromatic rings. The van der Waals surface area contributed by atoms with Crippen molar-refractivity contribution >= 4 is 16.9 Å². The maximum Gasteiger partial charge on any atom is 0.338 e. The number of methoxy groups -OCH3 is 1. The van der Waals surface area contributed by atoms with Crippen LogP contribution in [0.5, 0.6) is 11.5 Å². The van der Waals surface area contributed by atoms with E-state index in [4.69, 9.17) is 9.47 Å². The number of hydrogen-bond donors (Lipinski definition) is 2. The molecule has 0 bridgehead atoms. The van der Waals surface area contributed by atoms with Crippen LogP contribution in [0.3, 0.4) is 0 Å². The van der Waals surface area contributed by atoms with Crippen LogP contribution >= 0.6 is 0 Å². The zero-order valence-corrected chi connectivity index (χ0v) is 17.8. The second-order valence-corrected chi connectivity index (χ2v) is 7.31. The summed E-state index contributed by atoms with van der Waals surface area (Å²) in [5.41, 5.74) is 2.61. The van der Waals surface area contributed by atoms with Gasteiger partial charge in [-0.05, 0) is 48.2 Å². The van der Waals surface area contributed by atoms with Crippen molar-refractivity contribution in [2.45, 2.75) is 13.3 Å². The van der Waals surface area contributed by atoms with E-state index >= 15 is 0 Å². The van der Waals surface area contributed by atoms with Crippen molar-refractivity contribution in [3.8, 4) is 22.6 Å². The number of aromatic amines is 1. The molecule has 0 aliphatic carbocycles. The number of carbonyl (C=O) groups is 1. The Morgan fingerprint density at radius 1 is 1.00 bits per heavy atom. The predicted molar refractivity (Wildman–Crippen MR) is 123 cm³/mol. The molecule has 3 aromatic carbocycles. The first-order valence-electron chi connectivity index (χ1n) is 10.3. The minimum Gasteiger partial charge on any atom is -0.506 e. The number of esters is 1. The van der Waals surface area contributed by atoms with E-state index in [2.05, 4.69) is 4.98 Å². The number of aromatic nitrogens is 1. The zero-order valence-electron chi connectivity index (χ0n) is 17.8. The Balaban J connectivity index is 1.94. The van der Waals surface area contributed by atoms with Gasteiger partial charge in [0.25, 0.3) is 5.56 Å². The van der Waals surface area contributed by atoms with E-state index in [1.165, 1.54) is 0 Å². The molecule has 0 aliphatic rings. The van der Waals surface area contributed by atoms with E-state index in [0.717, 1.165) is 16.9 Å². The molecule has 2 N–H and O–H groups in total. The number of H-pyrrole nitrogens is 1. The van der Waals surface area contributed by atoms with Gasteiger partial charge in [-0.1, -0.05) is 48.5 Å². The van der Waals surface area contributed by atoms with E-state index in [1.54, 1.807) is 50.4 Å². The van der Waals surface area contributed by atoms with Crippen LogP contribution in [0.2, 0.25) is 0 Å².